The lowest BCUT2D eigenvalue weighted by Gasteiger charge is -2.19. The number of halogens is 4. The van der Waals surface area contributed by atoms with Crippen LogP contribution in [-0.2, 0) is 6.54 Å². The molecule has 0 radical (unpaired) electrons. The number of nitrogens with zero attached hydrogens (tertiary/aromatic N) is 4. The van der Waals surface area contributed by atoms with E-state index >= 15 is 0 Å². The van der Waals surface area contributed by atoms with Crippen molar-refractivity contribution in [1.29, 1.82) is 0 Å². The minimum atomic E-state index is -4.15. The van der Waals surface area contributed by atoms with Crippen LogP contribution >= 0.6 is 24.0 Å². The lowest BCUT2D eigenvalue weighted by atomic mass is 10.3. The summed E-state index contributed by atoms with van der Waals surface area (Å²) in [6.07, 6.45) is -2.64. The van der Waals surface area contributed by atoms with Gasteiger partial charge in [0.05, 0.1) is 12.2 Å². The monoisotopic (exact) mass is 490 g/mol. The second-order valence-corrected chi connectivity index (χ2v) is 6.14. The van der Waals surface area contributed by atoms with E-state index in [1.807, 2.05) is 24.6 Å². The number of guanidine groups is 1. The van der Waals surface area contributed by atoms with Crippen LogP contribution in [0.25, 0.3) is 0 Å². The zero-order valence-electron chi connectivity index (χ0n) is 15.9. The highest BCUT2D eigenvalue weighted by Crippen LogP contribution is 2.15. The normalized spacial score (nSPS) is 12.2. The van der Waals surface area contributed by atoms with Crippen LogP contribution in [0.2, 0.25) is 0 Å². The molecule has 0 aromatic carbocycles. The topological polar surface area (TPSA) is 57.5 Å². The Hall–Kier alpha value is -1.04. The van der Waals surface area contributed by atoms with Crippen molar-refractivity contribution in [3.05, 3.63) is 17.5 Å². The summed E-state index contributed by atoms with van der Waals surface area (Å²) in [5, 5.41) is 10.7. The fourth-order valence-corrected chi connectivity index (χ4v) is 2.50. The number of aryl methyl sites for hydroxylation is 3. The molecular weight excluding hydrogens is 460 g/mol. The van der Waals surface area contributed by atoms with E-state index in [1.165, 1.54) is 11.9 Å². The van der Waals surface area contributed by atoms with Crippen LogP contribution < -0.4 is 10.6 Å². The summed E-state index contributed by atoms with van der Waals surface area (Å²) >= 11 is 0. The van der Waals surface area contributed by atoms with Crippen LogP contribution in [0.4, 0.5) is 13.2 Å². The summed E-state index contributed by atoms with van der Waals surface area (Å²) in [5.41, 5.74) is 2.15. The van der Waals surface area contributed by atoms with Crippen LogP contribution in [0.1, 0.15) is 24.2 Å². The molecule has 152 valence electrons. The number of rotatable bonds is 9. The van der Waals surface area contributed by atoms with Gasteiger partial charge in [-0.3, -0.25) is 14.6 Å². The number of aliphatic imine (C=N–C) groups is 1. The maximum atomic E-state index is 12.2. The van der Waals surface area contributed by atoms with E-state index in [2.05, 4.69) is 20.7 Å². The molecule has 2 N–H and O–H groups in total. The van der Waals surface area contributed by atoms with Gasteiger partial charge in [-0.2, -0.15) is 18.3 Å². The molecule has 0 spiro atoms. The molecule has 10 heteroatoms. The van der Waals surface area contributed by atoms with Crippen molar-refractivity contribution in [1.82, 2.24) is 25.3 Å². The Morgan fingerprint density at radius 2 is 1.85 bits per heavy atom. The molecule has 0 aliphatic heterocycles. The van der Waals surface area contributed by atoms with E-state index in [-0.39, 0.29) is 24.0 Å². The van der Waals surface area contributed by atoms with Gasteiger partial charge in [-0.15, -0.1) is 24.0 Å². The molecule has 0 bridgehead atoms. The first kappa shape index (κ1) is 25.0. The van der Waals surface area contributed by atoms with Gasteiger partial charge >= 0.3 is 6.18 Å². The number of hydrogen-bond acceptors (Lipinski definition) is 3. The summed E-state index contributed by atoms with van der Waals surface area (Å²) in [4.78, 5) is 5.38. The van der Waals surface area contributed by atoms with Gasteiger partial charge in [0.2, 0.25) is 0 Å². The zero-order chi connectivity index (χ0) is 18.9. The summed E-state index contributed by atoms with van der Waals surface area (Å²) in [6.45, 7) is 5.63. The van der Waals surface area contributed by atoms with Crippen molar-refractivity contribution < 1.29 is 13.2 Å². The summed E-state index contributed by atoms with van der Waals surface area (Å²) < 4.78 is 38.7. The van der Waals surface area contributed by atoms with Crippen molar-refractivity contribution in [3.63, 3.8) is 0 Å². The van der Waals surface area contributed by atoms with Gasteiger partial charge in [-0.25, -0.2) is 0 Å². The van der Waals surface area contributed by atoms with Gasteiger partial charge in [-0.1, -0.05) is 0 Å². The summed E-state index contributed by atoms with van der Waals surface area (Å²) in [5.74, 6) is 0.659. The Kier molecular flexibility index (Phi) is 11.9. The second-order valence-electron chi connectivity index (χ2n) is 6.14. The minimum absolute atomic E-state index is 0. The maximum Gasteiger partial charge on any atom is 0.401 e. The van der Waals surface area contributed by atoms with Gasteiger partial charge in [0.1, 0.15) is 0 Å². The highest BCUT2D eigenvalue weighted by molar-refractivity contribution is 14.0. The van der Waals surface area contributed by atoms with Gasteiger partial charge in [-0.05, 0) is 46.3 Å². The second kappa shape index (κ2) is 12.4. The smallest absolute Gasteiger partial charge is 0.356 e. The fourth-order valence-electron chi connectivity index (χ4n) is 2.50. The molecule has 1 rings (SSSR count). The fraction of sp³-hybridized carbons (Fsp3) is 0.750. The standard InChI is InChI=1S/C16H29F3N6.HI/c1-13-11-14(2)25(23-13)10-6-8-22-15(20-3)21-7-5-9-24(4)12-16(17,18)19;/h11H,5-10,12H2,1-4H3,(H2,20,21,22);1H. The van der Waals surface area contributed by atoms with Gasteiger partial charge in [0.15, 0.2) is 5.96 Å². The van der Waals surface area contributed by atoms with Crippen LogP contribution in [0.15, 0.2) is 11.1 Å². The molecule has 1 aromatic rings. The lowest BCUT2D eigenvalue weighted by Crippen LogP contribution is -2.39. The molecule has 26 heavy (non-hydrogen) atoms. The molecule has 1 aromatic heterocycles. The van der Waals surface area contributed by atoms with E-state index in [1.54, 1.807) is 7.05 Å². The first-order valence-corrected chi connectivity index (χ1v) is 8.42. The molecule has 0 fully saturated rings. The zero-order valence-corrected chi connectivity index (χ0v) is 18.2. The van der Waals surface area contributed by atoms with Crippen molar-refractivity contribution in [2.45, 2.75) is 39.4 Å². The van der Waals surface area contributed by atoms with E-state index in [0.29, 0.717) is 25.5 Å². The Labute approximate surface area is 170 Å². The Balaban J connectivity index is 0.00000625. The Bertz CT molecular complexity index is 545. The van der Waals surface area contributed by atoms with Gasteiger partial charge in [0, 0.05) is 32.4 Å². The van der Waals surface area contributed by atoms with Crippen LogP contribution in [-0.4, -0.2) is 67.1 Å². The van der Waals surface area contributed by atoms with Crippen molar-refractivity contribution >= 4 is 29.9 Å². The molecule has 0 unspecified atom stereocenters. The molecule has 0 aliphatic carbocycles. The van der Waals surface area contributed by atoms with Crippen molar-refractivity contribution in [3.8, 4) is 0 Å². The van der Waals surface area contributed by atoms with E-state index < -0.39 is 12.7 Å². The molecule has 0 saturated heterocycles. The molecule has 0 amide bonds. The Morgan fingerprint density at radius 1 is 1.23 bits per heavy atom. The molecular formula is C16H30F3IN6. The van der Waals surface area contributed by atoms with Crippen LogP contribution in [0.5, 0.6) is 0 Å². The maximum absolute atomic E-state index is 12.2. The number of nitrogens with one attached hydrogen (secondary N) is 2. The van der Waals surface area contributed by atoms with Crippen LogP contribution in [0.3, 0.4) is 0 Å². The molecule has 0 saturated carbocycles. The highest BCUT2D eigenvalue weighted by Gasteiger charge is 2.28. The first-order chi connectivity index (χ1) is 11.7. The number of alkyl halides is 3. The van der Waals surface area contributed by atoms with Crippen LogP contribution in [0, 0.1) is 13.8 Å². The first-order valence-electron chi connectivity index (χ1n) is 8.42. The minimum Gasteiger partial charge on any atom is -0.356 e. The summed E-state index contributed by atoms with van der Waals surface area (Å²) in [6, 6.07) is 2.05. The predicted molar refractivity (Wildman–Crippen MR) is 109 cm³/mol. The number of aromatic nitrogens is 2. The molecule has 0 atom stereocenters. The van der Waals surface area contributed by atoms with E-state index in [4.69, 9.17) is 0 Å². The predicted octanol–water partition coefficient (Wildman–Crippen LogP) is 2.56. The largest absolute Gasteiger partial charge is 0.401 e. The van der Waals surface area contributed by atoms with E-state index in [9.17, 15) is 13.2 Å². The third-order valence-electron chi connectivity index (χ3n) is 3.62. The number of hydrogen-bond donors (Lipinski definition) is 2. The third-order valence-corrected chi connectivity index (χ3v) is 3.62. The third kappa shape index (κ3) is 10.8. The quantitative estimate of drug-likeness (QED) is 0.242. The molecule has 1 heterocycles. The van der Waals surface area contributed by atoms with E-state index in [0.717, 1.165) is 30.9 Å². The molecule has 6 nitrogen and oxygen atoms in total. The lowest BCUT2D eigenvalue weighted by molar-refractivity contribution is -0.143. The average Bonchev–Trinajstić information content (AvgIpc) is 2.81. The van der Waals surface area contributed by atoms with Crippen molar-refractivity contribution in [2.75, 3.05) is 40.3 Å². The highest BCUT2D eigenvalue weighted by atomic mass is 127. The van der Waals surface area contributed by atoms with Gasteiger partial charge in [0.25, 0.3) is 0 Å². The average molecular weight is 490 g/mol. The molecule has 0 aliphatic rings. The Morgan fingerprint density at radius 3 is 2.35 bits per heavy atom. The summed E-state index contributed by atoms with van der Waals surface area (Å²) in [7, 11) is 3.14. The SMILES string of the molecule is CN=C(NCCCN(C)CC(F)(F)F)NCCCn1nc(C)cc1C.I. The van der Waals surface area contributed by atoms with Gasteiger partial charge < -0.3 is 10.6 Å². The van der Waals surface area contributed by atoms with Crippen molar-refractivity contribution in [2.24, 2.45) is 4.99 Å².